The summed E-state index contributed by atoms with van der Waals surface area (Å²) in [6, 6.07) is 4.59. The van der Waals surface area contributed by atoms with Crippen molar-refractivity contribution in [2.45, 2.75) is 38.6 Å². The average molecular weight is 293 g/mol. The third-order valence-electron chi connectivity index (χ3n) is 3.94. The SMILES string of the molecule is COC(=O)CC1CCCCN1C(=O)c1cccc(C)c1F. The summed E-state index contributed by atoms with van der Waals surface area (Å²) in [4.78, 5) is 25.7. The lowest BCUT2D eigenvalue weighted by molar-refractivity contribution is -0.142. The number of rotatable bonds is 3. The molecule has 21 heavy (non-hydrogen) atoms. The molecule has 1 fully saturated rings. The third kappa shape index (κ3) is 3.40. The highest BCUT2D eigenvalue weighted by atomic mass is 19.1. The molecule has 1 aromatic carbocycles. The molecule has 0 spiro atoms. The van der Waals surface area contributed by atoms with Gasteiger partial charge in [-0.3, -0.25) is 9.59 Å². The zero-order valence-electron chi connectivity index (χ0n) is 12.4. The van der Waals surface area contributed by atoms with Crippen LogP contribution >= 0.6 is 0 Å². The molecule has 0 saturated carbocycles. The van der Waals surface area contributed by atoms with E-state index in [0.29, 0.717) is 12.1 Å². The summed E-state index contributed by atoms with van der Waals surface area (Å²) in [6.45, 7) is 2.18. The molecule has 1 aliphatic rings. The third-order valence-corrected chi connectivity index (χ3v) is 3.94. The number of esters is 1. The second-order valence-corrected chi connectivity index (χ2v) is 5.36. The molecule has 114 valence electrons. The zero-order valence-corrected chi connectivity index (χ0v) is 12.4. The van der Waals surface area contributed by atoms with E-state index in [2.05, 4.69) is 4.74 Å². The van der Waals surface area contributed by atoms with Crippen LogP contribution in [0.15, 0.2) is 18.2 Å². The molecule has 2 rings (SSSR count). The molecule has 1 atom stereocenters. The largest absolute Gasteiger partial charge is 0.469 e. The van der Waals surface area contributed by atoms with Crippen molar-refractivity contribution in [2.75, 3.05) is 13.7 Å². The molecule has 1 unspecified atom stereocenters. The van der Waals surface area contributed by atoms with Gasteiger partial charge in [0.05, 0.1) is 19.1 Å². The maximum absolute atomic E-state index is 14.1. The maximum Gasteiger partial charge on any atom is 0.307 e. The molecular formula is C16H20FNO3. The van der Waals surface area contributed by atoms with Crippen LogP contribution in [0, 0.1) is 12.7 Å². The Bertz CT molecular complexity index is 544. The first kappa shape index (κ1) is 15.5. The summed E-state index contributed by atoms with van der Waals surface area (Å²) in [6.07, 6.45) is 2.74. The van der Waals surface area contributed by atoms with E-state index >= 15 is 0 Å². The fourth-order valence-corrected chi connectivity index (χ4v) is 2.72. The number of hydrogen-bond acceptors (Lipinski definition) is 3. The first-order valence-electron chi connectivity index (χ1n) is 7.17. The minimum Gasteiger partial charge on any atom is -0.469 e. The van der Waals surface area contributed by atoms with Gasteiger partial charge >= 0.3 is 5.97 Å². The van der Waals surface area contributed by atoms with Gasteiger partial charge in [0.2, 0.25) is 0 Å². The summed E-state index contributed by atoms with van der Waals surface area (Å²) < 4.78 is 18.8. The molecule has 1 saturated heterocycles. The number of carbonyl (C=O) groups excluding carboxylic acids is 2. The van der Waals surface area contributed by atoms with Gasteiger partial charge < -0.3 is 9.64 Å². The minimum atomic E-state index is -0.482. The Kier molecular flexibility index (Phi) is 4.94. The highest BCUT2D eigenvalue weighted by Crippen LogP contribution is 2.24. The van der Waals surface area contributed by atoms with Crippen LogP contribution in [-0.2, 0) is 9.53 Å². The standard InChI is InChI=1S/C16H20FNO3/c1-11-6-5-8-13(15(11)17)16(20)18-9-4-3-7-12(18)10-14(19)21-2/h5-6,8,12H,3-4,7,9-10H2,1-2H3. The van der Waals surface area contributed by atoms with Crippen molar-refractivity contribution in [1.82, 2.24) is 4.90 Å². The van der Waals surface area contributed by atoms with Crippen LogP contribution in [0.4, 0.5) is 4.39 Å². The number of ether oxygens (including phenoxy) is 1. The topological polar surface area (TPSA) is 46.6 Å². The van der Waals surface area contributed by atoms with E-state index in [0.717, 1.165) is 19.3 Å². The van der Waals surface area contributed by atoms with Crippen LogP contribution in [0.5, 0.6) is 0 Å². The van der Waals surface area contributed by atoms with Gasteiger partial charge in [-0.1, -0.05) is 12.1 Å². The van der Waals surface area contributed by atoms with Gasteiger partial charge in [0.15, 0.2) is 0 Å². The number of nitrogens with zero attached hydrogens (tertiary/aromatic N) is 1. The Labute approximate surface area is 123 Å². The summed E-state index contributed by atoms with van der Waals surface area (Å²) in [5, 5.41) is 0. The van der Waals surface area contributed by atoms with Crippen molar-refractivity contribution in [3.63, 3.8) is 0 Å². The highest BCUT2D eigenvalue weighted by Gasteiger charge is 2.30. The summed E-state index contributed by atoms with van der Waals surface area (Å²) in [5.74, 6) is -1.17. The van der Waals surface area contributed by atoms with Crippen molar-refractivity contribution >= 4 is 11.9 Å². The molecule has 5 heteroatoms. The second-order valence-electron chi connectivity index (χ2n) is 5.36. The van der Waals surface area contributed by atoms with E-state index in [1.165, 1.54) is 13.2 Å². The van der Waals surface area contributed by atoms with Gasteiger partial charge in [-0.2, -0.15) is 0 Å². The number of amides is 1. The Morgan fingerprint density at radius 2 is 2.14 bits per heavy atom. The summed E-state index contributed by atoms with van der Waals surface area (Å²) in [5.41, 5.74) is 0.522. The molecule has 1 heterocycles. The van der Waals surface area contributed by atoms with E-state index < -0.39 is 5.82 Å². The lowest BCUT2D eigenvalue weighted by Gasteiger charge is -2.35. The van der Waals surface area contributed by atoms with E-state index in [-0.39, 0.29) is 29.9 Å². The first-order chi connectivity index (χ1) is 10.0. The van der Waals surface area contributed by atoms with Gasteiger partial charge in [0, 0.05) is 12.6 Å². The number of benzene rings is 1. The van der Waals surface area contributed by atoms with Crippen LogP contribution < -0.4 is 0 Å². The molecule has 1 aromatic rings. The van der Waals surface area contributed by atoms with Crippen molar-refractivity contribution in [3.8, 4) is 0 Å². The number of carbonyl (C=O) groups is 2. The zero-order chi connectivity index (χ0) is 15.4. The van der Waals surface area contributed by atoms with Gasteiger partial charge in [0.1, 0.15) is 5.82 Å². The molecule has 0 N–H and O–H groups in total. The van der Waals surface area contributed by atoms with Crippen LogP contribution in [0.1, 0.15) is 41.6 Å². The molecule has 1 amide bonds. The predicted molar refractivity (Wildman–Crippen MR) is 76.4 cm³/mol. The van der Waals surface area contributed by atoms with Crippen molar-refractivity contribution in [2.24, 2.45) is 0 Å². The monoisotopic (exact) mass is 293 g/mol. The normalized spacial score (nSPS) is 18.4. The van der Waals surface area contributed by atoms with Crippen LogP contribution in [0.3, 0.4) is 0 Å². The fraction of sp³-hybridized carbons (Fsp3) is 0.500. The van der Waals surface area contributed by atoms with E-state index in [9.17, 15) is 14.0 Å². The molecule has 4 nitrogen and oxygen atoms in total. The van der Waals surface area contributed by atoms with Crippen LogP contribution in [0.25, 0.3) is 0 Å². The van der Waals surface area contributed by atoms with E-state index in [1.807, 2.05) is 0 Å². The molecule has 0 bridgehead atoms. The smallest absolute Gasteiger partial charge is 0.307 e. The van der Waals surface area contributed by atoms with E-state index in [1.54, 1.807) is 24.0 Å². The molecular weight excluding hydrogens is 273 g/mol. The quantitative estimate of drug-likeness (QED) is 0.805. The lowest BCUT2D eigenvalue weighted by Crippen LogP contribution is -2.45. The second kappa shape index (κ2) is 6.70. The Hall–Kier alpha value is -1.91. The fourth-order valence-electron chi connectivity index (χ4n) is 2.72. The van der Waals surface area contributed by atoms with Gasteiger partial charge in [-0.05, 0) is 37.8 Å². The van der Waals surface area contributed by atoms with Gasteiger partial charge in [-0.15, -0.1) is 0 Å². The van der Waals surface area contributed by atoms with Crippen molar-refractivity contribution in [3.05, 3.63) is 35.1 Å². The molecule has 0 radical (unpaired) electrons. The van der Waals surface area contributed by atoms with Gasteiger partial charge in [0.25, 0.3) is 5.91 Å². The maximum atomic E-state index is 14.1. The van der Waals surface area contributed by atoms with Gasteiger partial charge in [-0.25, -0.2) is 4.39 Å². The number of likely N-dealkylation sites (tertiary alicyclic amines) is 1. The molecule has 0 aliphatic carbocycles. The highest BCUT2D eigenvalue weighted by molar-refractivity contribution is 5.95. The number of hydrogen-bond donors (Lipinski definition) is 0. The Morgan fingerprint density at radius 3 is 2.86 bits per heavy atom. The molecule has 1 aliphatic heterocycles. The summed E-state index contributed by atoms with van der Waals surface area (Å²) >= 11 is 0. The Morgan fingerprint density at radius 1 is 1.38 bits per heavy atom. The van der Waals surface area contributed by atoms with Crippen molar-refractivity contribution < 1.29 is 18.7 Å². The number of methoxy groups -OCH3 is 1. The van der Waals surface area contributed by atoms with E-state index in [4.69, 9.17) is 0 Å². The molecule has 0 aromatic heterocycles. The summed E-state index contributed by atoms with van der Waals surface area (Å²) in [7, 11) is 1.33. The predicted octanol–water partition coefficient (Wildman–Crippen LogP) is 2.69. The van der Waals surface area contributed by atoms with Crippen LogP contribution in [0.2, 0.25) is 0 Å². The number of piperidine rings is 1. The average Bonchev–Trinajstić information content (AvgIpc) is 2.50. The number of aryl methyl sites for hydroxylation is 1. The lowest BCUT2D eigenvalue weighted by atomic mass is 9.97. The number of halogens is 1. The Balaban J connectivity index is 2.22. The first-order valence-corrected chi connectivity index (χ1v) is 7.17. The van der Waals surface area contributed by atoms with Crippen LogP contribution in [-0.4, -0.2) is 36.5 Å². The minimum absolute atomic E-state index is 0.0757. The van der Waals surface area contributed by atoms with Crippen molar-refractivity contribution in [1.29, 1.82) is 0 Å².